The van der Waals surface area contributed by atoms with Crippen molar-refractivity contribution in [3.8, 4) is 11.4 Å². The van der Waals surface area contributed by atoms with Gasteiger partial charge >= 0.3 is 0 Å². The van der Waals surface area contributed by atoms with Gasteiger partial charge in [-0.25, -0.2) is 4.98 Å². The van der Waals surface area contributed by atoms with E-state index in [-0.39, 0.29) is 11.7 Å². The molecular weight excluding hydrogens is 400 g/mol. The number of aromatic nitrogens is 2. The van der Waals surface area contributed by atoms with Crippen molar-refractivity contribution in [2.45, 2.75) is 20.8 Å². The van der Waals surface area contributed by atoms with E-state index in [0.29, 0.717) is 22.5 Å². The summed E-state index contributed by atoms with van der Waals surface area (Å²) < 4.78 is 2.00. The Morgan fingerprint density at radius 1 is 0.906 bits per heavy atom. The van der Waals surface area contributed by atoms with Crippen LogP contribution in [0.4, 0.5) is 11.4 Å². The first kappa shape index (κ1) is 21.3. The van der Waals surface area contributed by atoms with Crippen LogP contribution in [0, 0.1) is 5.41 Å². The van der Waals surface area contributed by atoms with Gasteiger partial charge in [0, 0.05) is 40.5 Å². The SMILES string of the molecule is Cn1c(-c2ccc(NC(=O)c3ccc(N)cc3)cc2)nc2cc(C(=O)C(C)(C)C)ccc21. The topological polar surface area (TPSA) is 90.0 Å². The van der Waals surface area contributed by atoms with Crippen molar-refractivity contribution in [3.05, 3.63) is 77.9 Å². The Morgan fingerprint density at radius 2 is 1.53 bits per heavy atom. The van der Waals surface area contributed by atoms with Gasteiger partial charge in [-0.2, -0.15) is 0 Å². The van der Waals surface area contributed by atoms with E-state index in [2.05, 4.69) is 5.32 Å². The maximum absolute atomic E-state index is 12.6. The first-order valence-electron chi connectivity index (χ1n) is 10.4. The van der Waals surface area contributed by atoms with E-state index < -0.39 is 5.41 Å². The molecule has 0 aliphatic carbocycles. The van der Waals surface area contributed by atoms with E-state index in [1.165, 1.54) is 0 Å². The normalized spacial score (nSPS) is 11.5. The number of nitrogens with two attached hydrogens (primary N) is 1. The predicted octanol–water partition coefficient (Wildman–Crippen LogP) is 5.30. The number of hydrogen-bond donors (Lipinski definition) is 2. The van der Waals surface area contributed by atoms with Crippen molar-refractivity contribution in [1.29, 1.82) is 0 Å². The number of nitrogens with zero attached hydrogens (tertiary/aromatic N) is 2. The number of Topliss-reactive ketones (excluding diaryl/α,β-unsaturated/α-hetero) is 1. The summed E-state index contributed by atoms with van der Waals surface area (Å²) in [5.41, 5.74) is 10.4. The largest absolute Gasteiger partial charge is 0.399 e. The van der Waals surface area contributed by atoms with Crippen molar-refractivity contribution in [1.82, 2.24) is 9.55 Å². The van der Waals surface area contributed by atoms with E-state index >= 15 is 0 Å². The number of hydrogen-bond acceptors (Lipinski definition) is 4. The summed E-state index contributed by atoms with van der Waals surface area (Å²) in [5, 5.41) is 2.89. The monoisotopic (exact) mass is 426 g/mol. The van der Waals surface area contributed by atoms with E-state index in [1.54, 1.807) is 24.3 Å². The van der Waals surface area contributed by atoms with Gasteiger partial charge in [-0.15, -0.1) is 0 Å². The molecule has 162 valence electrons. The fourth-order valence-corrected chi connectivity index (χ4v) is 3.57. The van der Waals surface area contributed by atoms with Gasteiger partial charge in [0.1, 0.15) is 5.82 Å². The second kappa shape index (κ2) is 7.96. The molecule has 0 spiro atoms. The minimum absolute atomic E-state index is 0.0906. The van der Waals surface area contributed by atoms with Crippen molar-refractivity contribution in [3.63, 3.8) is 0 Å². The molecule has 6 heteroatoms. The zero-order valence-corrected chi connectivity index (χ0v) is 18.6. The molecule has 3 N–H and O–H groups in total. The molecule has 0 atom stereocenters. The Labute approximate surface area is 187 Å². The fraction of sp³-hybridized carbons (Fsp3) is 0.192. The number of imidazole rings is 1. The summed E-state index contributed by atoms with van der Waals surface area (Å²) in [4.78, 5) is 29.8. The zero-order chi connectivity index (χ0) is 23.0. The van der Waals surface area contributed by atoms with Crippen LogP contribution in [0.1, 0.15) is 41.5 Å². The number of nitrogen functional groups attached to an aromatic ring is 1. The molecule has 32 heavy (non-hydrogen) atoms. The lowest BCUT2D eigenvalue weighted by molar-refractivity contribution is 0.0858. The third kappa shape index (κ3) is 4.12. The highest BCUT2D eigenvalue weighted by atomic mass is 16.1. The number of aryl methyl sites for hydroxylation is 1. The van der Waals surface area contributed by atoms with Crippen LogP contribution in [0.15, 0.2) is 66.7 Å². The Hall–Kier alpha value is -3.93. The summed E-state index contributed by atoms with van der Waals surface area (Å²) in [5.74, 6) is 0.682. The number of nitrogens with one attached hydrogen (secondary N) is 1. The molecule has 0 bridgehead atoms. The number of anilines is 2. The lowest BCUT2D eigenvalue weighted by atomic mass is 9.86. The Kier molecular flexibility index (Phi) is 5.30. The van der Waals surface area contributed by atoms with Crippen LogP contribution >= 0.6 is 0 Å². The van der Waals surface area contributed by atoms with Gasteiger partial charge < -0.3 is 15.6 Å². The second-order valence-corrected chi connectivity index (χ2v) is 8.93. The fourth-order valence-electron chi connectivity index (χ4n) is 3.57. The molecule has 0 fully saturated rings. The Morgan fingerprint density at radius 3 is 2.16 bits per heavy atom. The summed E-state index contributed by atoms with van der Waals surface area (Å²) >= 11 is 0. The second-order valence-electron chi connectivity index (χ2n) is 8.93. The van der Waals surface area contributed by atoms with Crippen LogP contribution < -0.4 is 11.1 Å². The molecule has 4 rings (SSSR count). The third-order valence-electron chi connectivity index (χ3n) is 5.40. The zero-order valence-electron chi connectivity index (χ0n) is 18.6. The molecule has 0 saturated carbocycles. The van der Waals surface area contributed by atoms with Crippen molar-refractivity contribution >= 4 is 34.1 Å². The van der Waals surface area contributed by atoms with Gasteiger partial charge in [-0.05, 0) is 66.7 Å². The van der Waals surface area contributed by atoms with Crippen molar-refractivity contribution in [2.75, 3.05) is 11.1 Å². The molecule has 4 aromatic rings. The molecular formula is C26H26N4O2. The number of fused-ring (bicyclic) bond motifs is 1. The van der Waals surface area contributed by atoms with Crippen LogP contribution in [0.25, 0.3) is 22.4 Å². The standard InChI is InChI=1S/C26H26N4O2/c1-26(2,3)23(31)18-9-14-22-21(15-18)29-24(30(22)4)16-7-12-20(13-8-16)28-25(32)17-5-10-19(27)11-6-17/h5-15H,27H2,1-4H3,(H,28,32). The smallest absolute Gasteiger partial charge is 0.255 e. The molecule has 0 aliphatic heterocycles. The van der Waals surface area contributed by atoms with Gasteiger partial charge in [0.05, 0.1) is 11.0 Å². The minimum atomic E-state index is -0.447. The maximum Gasteiger partial charge on any atom is 0.255 e. The summed E-state index contributed by atoms with van der Waals surface area (Å²) in [7, 11) is 1.95. The molecule has 1 heterocycles. The number of benzene rings is 3. The van der Waals surface area contributed by atoms with E-state index in [1.807, 2.05) is 74.9 Å². The van der Waals surface area contributed by atoms with Crippen molar-refractivity contribution < 1.29 is 9.59 Å². The molecule has 0 unspecified atom stereocenters. The van der Waals surface area contributed by atoms with Crippen LogP contribution in [0.3, 0.4) is 0 Å². The molecule has 0 radical (unpaired) electrons. The van der Waals surface area contributed by atoms with Crippen molar-refractivity contribution in [2.24, 2.45) is 12.5 Å². The van der Waals surface area contributed by atoms with Crippen LogP contribution in [-0.4, -0.2) is 21.2 Å². The molecule has 0 saturated heterocycles. The number of carbonyl (C=O) groups excluding carboxylic acids is 2. The highest BCUT2D eigenvalue weighted by Crippen LogP contribution is 2.28. The average Bonchev–Trinajstić information content (AvgIpc) is 3.09. The Balaban J connectivity index is 1.59. The molecule has 3 aromatic carbocycles. The van der Waals surface area contributed by atoms with Crippen LogP contribution in [0.2, 0.25) is 0 Å². The lowest BCUT2D eigenvalue weighted by Crippen LogP contribution is -2.20. The first-order valence-corrected chi connectivity index (χ1v) is 10.4. The quantitative estimate of drug-likeness (QED) is 0.342. The first-order chi connectivity index (χ1) is 15.1. The molecule has 6 nitrogen and oxygen atoms in total. The van der Waals surface area contributed by atoms with Gasteiger partial charge in [0.2, 0.25) is 0 Å². The molecule has 1 amide bonds. The van der Waals surface area contributed by atoms with E-state index in [9.17, 15) is 9.59 Å². The highest BCUT2D eigenvalue weighted by molar-refractivity contribution is 6.04. The molecule has 1 aromatic heterocycles. The number of amides is 1. The summed E-state index contributed by atoms with van der Waals surface area (Å²) in [6.07, 6.45) is 0. The predicted molar refractivity (Wildman–Crippen MR) is 129 cm³/mol. The van der Waals surface area contributed by atoms with Gasteiger partial charge in [-0.3, -0.25) is 9.59 Å². The van der Waals surface area contributed by atoms with E-state index in [0.717, 1.165) is 22.4 Å². The third-order valence-corrected chi connectivity index (χ3v) is 5.40. The number of ketones is 1. The van der Waals surface area contributed by atoms with Gasteiger partial charge in [0.15, 0.2) is 5.78 Å². The van der Waals surface area contributed by atoms with Gasteiger partial charge in [0.25, 0.3) is 5.91 Å². The minimum Gasteiger partial charge on any atom is -0.399 e. The summed E-state index contributed by atoms with van der Waals surface area (Å²) in [6.45, 7) is 5.74. The van der Waals surface area contributed by atoms with Crippen LogP contribution in [-0.2, 0) is 7.05 Å². The maximum atomic E-state index is 12.6. The number of rotatable bonds is 4. The lowest BCUT2D eigenvalue weighted by Gasteiger charge is -2.16. The van der Waals surface area contributed by atoms with Gasteiger partial charge in [-0.1, -0.05) is 20.8 Å². The Bertz CT molecular complexity index is 1310. The van der Waals surface area contributed by atoms with Crippen LogP contribution in [0.5, 0.6) is 0 Å². The highest BCUT2D eigenvalue weighted by Gasteiger charge is 2.23. The number of carbonyl (C=O) groups is 2. The van der Waals surface area contributed by atoms with E-state index in [4.69, 9.17) is 10.7 Å². The average molecular weight is 427 g/mol. The molecule has 0 aliphatic rings. The summed E-state index contributed by atoms with van der Waals surface area (Å²) in [6, 6.07) is 20.0.